The molecule has 0 spiro atoms. The molecule has 2 N–H and O–H groups in total. The van der Waals surface area contributed by atoms with Crippen LogP contribution in [0.15, 0.2) is 24.3 Å². The maximum absolute atomic E-state index is 12.3. The minimum Gasteiger partial charge on any atom is -0.497 e. The van der Waals surface area contributed by atoms with Gasteiger partial charge in [-0.2, -0.15) is 0 Å². The molecule has 1 aliphatic rings. The first-order valence-electron chi connectivity index (χ1n) is 10.3. The van der Waals surface area contributed by atoms with Crippen LogP contribution in [-0.2, 0) is 0 Å². The van der Waals surface area contributed by atoms with Gasteiger partial charge in [-0.25, -0.2) is 0 Å². The van der Waals surface area contributed by atoms with Crippen molar-refractivity contribution in [2.24, 2.45) is 5.92 Å². The van der Waals surface area contributed by atoms with Gasteiger partial charge in [0, 0.05) is 24.7 Å². The van der Waals surface area contributed by atoms with E-state index in [1.165, 1.54) is 32.1 Å². The van der Waals surface area contributed by atoms with Gasteiger partial charge >= 0.3 is 0 Å². The molecule has 2 rings (SSSR count). The van der Waals surface area contributed by atoms with Gasteiger partial charge in [0.05, 0.1) is 13.2 Å². The number of rotatable bonds is 10. The Bertz CT molecular complexity index is 570. The van der Waals surface area contributed by atoms with Gasteiger partial charge in [0.25, 0.3) is 5.91 Å². The van der Waals surface area contributed by atoms with Gasteiger partial charge in [-0.3, -0.25) is 9.69 Å². The first kappa shape index (κ1) is 21.7. The predicted molar refractivity (Wildman–Crippen MR) is 109 cm³/mol. The summed E-state index contributed by atoms with van der Waals surface area (Å²) in [6, 6.07) is 7.63. The summed E-state index contributed by atoms with van der Waals surface area (Å²) >= 11 is 0. The van der Waals surface area contributed by atoms with E-state index in [1.807, 2.05) is 6.07 Å². The number of aliphatic hydroxyl groups excluding tert-OH is 1. The zero-order chi connectivity index (χ0) is 19.6. The Hall–Kier alpha value is -1.59. The van der Waals surface area contributed by atoms with E-state index in [4.69, 9.17) is 4.74 Å². The number of aliphatic hydroxyl groups is 1. The number of ether oxygens (including phenoxy) is 1. The monoisotopic (exact) mass is 376 g/mol. The van der Waals surface area contributed by atoms with Crippen LogP contribution in [0.1, 0.15) is 62.7 Å². The van der Waals surface area contributed by atoms with Crippen LogP contribution in [0.3, 0.4) is 0 Å². The lowest BCUT2D eigenvalue weighted by molar-refractivity contribution is 0.0657. The van der Waals surface area contributed by atoms with Crippen molar-refractivity contribution in [3.05, 3.63) is 29.8 Å². The molecule has 1 aromatic carbocycles. The highest BCUT2D eigenvalue weighted by Gasteiger charge is 2.23. The molecule has 0 aromatic heterocycles. The van der Waals surface area contributed by atoms with E-state index in [-0.39, 0.29) is 12.5 Å². The summed E-state index contributed by atoms with van der Waals surface area (Å²) in [4.78, 5) is 14.8. The third-order valence-corrected chi connectivity index (χ3v) is 5.36. The van der Waals surface area contributed by atoms with Crippen LogP contribution in [-0.4, -0.2) is 54.8 Å². The number of amides is 1. The van der Waals surface area contributed by atoms with E-state index in [2.05, 4.69) is 24.1 Å². The van der Waals surface area contributed by atoms with Gasteiger partial charge in [0.1, 0.15) is 5.75 Å². The highest BCUT2D eigenvalue weighted by molar-refractivity contribution is 5.94. The van der Waals surface area contributed by atoms with Gasteiger partial charge in [-0.05, 0) is 49.9 Å². The fourth-order valence-corrected chi connectivity index (χ4v) is 3.71. The van der Waals surface area contributed by atoms with Gasteiger partial charge in [-0.1, -0.05) is 39.2 Å². The molecule has 5 heteroatoms. The summed E-state index contributed by atoms with van der Waals surface area (Å²) in [6.45, 7) is 6.38. The van der Waals surface area contributed by atoms with Crippen molar-refractivity contribution in [2.75, 3.05) is 26.7 Å². The minimum absolute atomic E-state index is 0.181. The van der Waals surface area contributed by atoms with Crippen molar-refractivity contribution in [1.82, 2.24) is 10.2 Å². The molecule has 27 heavy (non-hydrogen) atoms. The van der Waals surface area contributed by atoms with E-state index in [0.717, 1.165) is 13.0 Å². The molecule has 152 valence electrons. The summed E-state index contributed by atoms with van der Waals surface area (Å²) in [5.41, 5.74) is 0.547. The van der Waals surface area contributed by atoms with Gasteiger partial charge in [-0.15, -0.1) is 0 Å². The maximum atomic E-state index is 12.3. The number of nitrogens with zero attached hydrogens (tertiary/aromatic N) is 1. The molecule has 1 aromatic rings. The van der Waals surface area contributed by atoms with Crippen molar-refractivity contribution in [1.29, 1.82) is 0 Å². The SMILES string of the molecule is COc1cccc(C(=O)NCC(O)CN(CCC(C)C)C2CCCCC2)c1. The molecule has 0 heterocycles. The fourth-order valence-electron chi connectivity index (χ4n) is 3.71. The van der Waals surface area contributed by atoms with Crippen molar-refractivity contribution in [2.45, 2.75) is 64.5 Å². The lowest BCUT2D eigenvalue weighted by atomic mass is 9.93. The van der Waals surface area contributed by atoms with Crippen LogP contribution in [0.2, 0.25) is 0 Å². The van der Waals surface area contributed by atoms with Crippen molar-refractivity contribution >= 4 is 5.91 Å². The molecule has 1 fully saturated rings. The van der Waals surface area contributed by atoms with E-state index >= 15 is 0 Å². The van der Waals surface area contributed by atoms with E-state index in [1.54, 1.807) is 25.3 Å². The predicted octanol–water partition coefficient (Wildman–Crippen LogP) is 3.47. The molecule has 1 atom stereocenters. The highest BCUT2D eigenvalue weighted by Crippen LogP contribution is 2.23. The lowest BCUT2D eigenvalue weighted by Crippen LogP contribution is -2.45. The first-order valence-corrected chi connectivity index (χ1v) is 10.3. The largest absolute Gasteiger partial charge is 0.497 e. The summed E-state index contributed by atoms with van der Waals surface area (Å²) in [7, 11) is 1.58. The molecule has 0 bridgehead atoms. The van der Waals surface area contributed by atoms with Crippen LogP contribution >= 0.6 is 0 Å². The zero-order valence-electron chi connectivity index (χ0n) is 17.1. The molecule has 0 radical (unpaired) electrons. The minimum atomic E-state index is -0.561. The number of carbonyl (C=O) groups excluding carboxylic acids is 1. The second kappa shape index (κ2) is 11.3. The van der Waals surface area contributed by atoms with Crippen molar-refractivity contribution in [3.63, 3.8) is 0 Å². The topological polar surface area (TPSA) is 61.8 Å². The summed E-state index contributed by atoms with van der Waals surface area (Å²) < 4.78 is 5.16. The smallest absolute Gasteiger partial charge is 0.251 e. The van der Waals surface area contributed by atoms with Crippen LogP contribution < -0.4 is 10.1 Å². The molecule has 1 saturated carbocycles. The molecule has 0 saturated heterocycles. The number of methoxy groups -OCH3 is 1. The number of carbonyl (C=O) groups is 1. The van der Waals surface area contributed by atoms with Gasteiger partial charge in [0.2, 0.25) is 0 Å². The Morgan fingerprint density at radius 2 is 2.04 bits per heavy atom. The third-order valence-electron chi connectivity index (χ3n) is 5.36. The average Bonchev–Trinajstić information content (AvgIpc) is 2.69. The molecule has 5 nitrogen and oxygen atoms in total. The number of benzene rings is 1. The number of nitrogens with one attached hydrogen (secondary N) is 1. The molecule has 1 unspecified atom stereocenters. The molecular formula is C22H36N2O3. The van der Waals surface area contributed by atoms with Crippen LogP contribution in [0.5, 0.6) is 5.75 Å². The Morgan fingerprint density at radius 3 is 2.70 bits per heavy atom. The zero-order valence-corrected chi connectivity index (χ0v) is 17.1. The summed E-state index contributed by atoms with van der Waals surface area (Å²) in [5.74, 6) is 1.13. The maximum Gasteiger partial charge on any atom is 0.251 e. The van der Waals surface area contributed by atoms with Crippen LogP contribution in [0.25, 0.3) is 0 Å². The Morgan fingerprint density at radius 1 is 1.30 bits per heavy atom. The van der Waals surface area contributed by atoms with E-state index < -0.39 is 6.10 Å². The molecular weight excluding hydrogens is 340 g/mol. The van der Waals surface area contributed by atoms with E-state index in [0.29, 0.717) is 29.8 Å². The number of hydrogen-bond acceptors (Lipinski definition) is 4. The summed E-state index contributed by atoms with van der Waals surface area (Å²) in [6.07, 6.45) is 6.92. The van der Waals surface area contributed by atoms with Crippen molar-refractivity contribution < 1.29 is 14.6 Å². The van der Waals surface area contributed by atoms with Crippen molar-refractivity contribution in [3.8, 4) is 5.75 Å². The highest BCUT2D eigenvalue weighted by atomic mass is 16.5. The Kier molecular flexibility index (Phi) is 9.08. The first-order chi connectivity index (χ1) is 13.0. The second-order valence-corrected chi connectivity index (χ2v) is 8.07. The standard InChI is InChI=1S/C22H36N2O3/c1-17(2)12-13-24(19-9-5-4-6-10-19)16-20(25)15-23-22(26)18-8-7-11-21(14-18)27-3/h7-8,11,14,17,19-20,25H,4-6,9-10,12-13,15-16H2,1-3H3,(H,23,26). The van der Waals surface area contributed by atoms with E-state index in [9.17, 15) is 9.90 Å². The quantitative estimate of drug-likeness (QED) is 0.656. The second-order valence-electron chi connectivity index (χ2n) is 8.07. The summed E-state index contributed by atoms with van der Waals surface area (Å²) in [5, 5.41) is 13.4. The number of hydrogen-bond donors (Lipinski definition) is 2. The lowest BCUT2D eigenvalue weighted by Gasteiger charge is -2.36. The normalized spacial score (nSPS) is 16.5. The van der Waals surface area contributed by atoms with Gasteiger partial charge in [0.15, 0.2) is 0 Å². The Balaban J connectivity index is 1.85. The molecule has 1 amide bonds. The Labute approximate surface area is 164 Å². The van der Waals surface area contributed by atoms with Crippen LogP contribution in [0, 0.1) is 5.92 Å². The molecule has 0 aliphatic heterocycles. The fraction of sp³-hybridized carbons (Fsp3) is 0.682. The molecule has 1 aliphatic carbocycles. The third kappa shape index (κ3) is 7.51. The van der Waals surface area contributed by atoms with Crippen LogP contribution in [0.4, 0.5) is 0 Å². The van der Waals surface area contributed by atoms with Gasteiger partial charge < -0.3 is 15.2 Å². The average molecular weight is 377 g/mol.